The quantitative estimate of drug-likeness (QED) is 0.476. The van der Waals surface area contributed by atoms with Crippen LogP contribution in [0.2, 0.25) is 0 Å². The van der Waals surface area contributed by atoms with Crippen molar-refractivity contribution < 1.29 is 4.79 Å². The fourth-order valence-electron chi connectivity index (χ4n) is 3.59. The number of amides is 1. The summed E-state index contributed by atoms with van der Waals surface area (Å²) in [4.78, 5) is 27.9. The Bertz CT molecular complexity index is 1360. The Morgan fingerprint density at radius 3 is 2.77 bits per heavy atom. The van der Waals surface area contributed by atoms with E-state index in [-0.39, 0.29) is 5.91 Å². The molecule has 0 bridgehead atoms. The van der Waals surface area contributed by atoms with Gasteiger partial charge in [-0.1, -0.05) is 17.9 Å². The van der Waals surface area contributed by atoms with Gasteiger partial charge in [-0.25, -0.2) is 4.98 Å². The molecule has 6 nitrogen and oxygen atoms in total. The number of aromatic amines is 1. The molecule has 0 aliphatic carbocycles. The van der Waals surface area contributed by atoms with Crippen LogP contribution in [0.25, 0.3) is 16.5 Å². The predicted molar refractivity (Wildman–Crippen MR) is 124 cm³/mol. The van der Waals surface area contributed by atoms with Crippen molar-refractivity contribution in [1.82, 2.24) is 19.9 Å². The lowest BCUT2D eigenvalue weighted by Crippen LogP contribution is -2.34. The molecule has 31 heavy (non-hydrogen) atoms. The molecule has 0 unspecified atom stereocenters. The predicted octanol–water partition coefficient (Wildman–Crippen LogP) is 3.93. The SMILES string of the molecule is Nc1nccc2[nH]c(C3=CCN(C(=O)c4ccc(C#Cc5ccncc5)s4)CC3)cc12. The van der Waals surface area contributed by atoms with Crippen molar-refractivity contribution in [2.45, 2.75) is 6.42 Å². The molecule has 0 fully saturated rings. The van der Waals surface area contributed by atoms with E-state index in [0.717, 1.165) is 33.5 Å². The molecule has 5 heterocycles. The van der Waals surface area contributed by atoms with E-state index in [1.54, 1.807) is 18.6 Å². The lowest BCUT2D eigenvalue weighted by Gasteiger charge is -2.25. The molecule has 0 atom stereocenters. The summed E-state index contributed by atoms with van der Waals surface area (Å²) in [5, 5.41) is 0.927. The summed E-state index contributed by atoms with van der Waals surface area (Å²) >= 11 is 1.43. The summed E-state index contributed by atoms with van der Waals surface area (Å²) in [6.07, 6.45) is 8.02. The second-order valence-electron chi connectivity index (χ2n) is 7.22. The molecule has 152 valence electrons. The fraction of sp³-hybridized carbons (Fsp3) is 0.125. The van der Waals surface area contributed by atoms with E-state index in [9.17, 15) is 4.79 Å². The van der Waals surface area contributed by atoms with Crippen molar-refractivity contribution in [3.63, 3.8) is 0 Å². The van der Waals surface area contributed by atoms with Crippen LogP contribution in [0.15, 0.2) is 61.1 Å². The number of hydrogen-bond acceptors (Lipinski definition) is 5. The van der Waals surface area contributed by atoms with Crippen LogP contribution >= 0.6 is 11.3 Å². The van der Waals surface area contributed by atoms with Crippen molar-refractivity contribution in [3.8, 4) is 11.8 Å². The van der Waals surface area contributed by atoms with Crippen LogP contribution in [0.4, 0.5) is 5.82 Å². The highest BCUT2D eigenvalue weighted by molar-refractivity contribution is 7.14. The van der Waals surface area contributed by atoms with Crippen molar-refractivity contribution in [2.75, 3.05) is 18.8 Å². The number of carbonyl (C=O) groups is 1. The molecular weight excluding hydrogens is 406 g/mol. The Kier molecular flexibility index (Phi) is 4.98. The second kappa shape index (κ2) is 8.09. The van der Waals surface area contributed by atoms with Gasteiger partial charge in [-0.2, -0.15) is 0 Å². The van der Waals surface area contributed by atoms with Gasteiger partial charge in [0, 0.05) is 48.3 Å². The summed E-state index contributed by atoms with van der Waals surface area (Å²) in [5.74, 6) is 6.79. The Morgan fingerprint density at radius 1 is 1.13 bits per heavy atom. The van der Waals surface area contributed by atoms with Gasteiger partial charge in [0.2, 0.25) is 0 Å². The fourth-order valence-corrected chi connectivity index (χ4v) is 4.42. The molecule has 1 amide bonds. The van der Waals surface area contributed by atoms with Gasteiger partial charge >= 0.3 is 0 Å². The van der Waals surface area contributed by atoms with Crippen LogP contribution in [0.3, 0.4) is 0 Å². The van der Waals surface area contributed by atoms with E-state index in [1.165, 1.54) is 16.9 Å². The molecule has 0 aromatic carbocycles. The van der Waals surface area contributed by atoms with Gasteiger partial charge < -0.3 is 15.6 Å². The van der Waals surface area contributed by atoms with Gasteiger partial charge in [0.25, 0.3) is 5.91 Å². The van der Waals surface area contributed by atoms with E-state index >= 15 is 0 Å². The number of anilines is 1. The maximum Gasteiger partial charge on any atom is 0.264 e. The Labute approximate surface area is 183 Å². The third-order valence-corrected chi connectivity index (χ3v) is 6.24. The van der Waals surface area contributed by atoms with Gasteiger partial charge in [-0.3, -0.25) is 9.78 Å². The highest BCUT2D eigenvalue weighted by atomic mass is 32.1. The molecule has 0 radical (unpaired) electrons. The molecule has 3 N–H and O–H groups in total. The highest BCUT2D eigenvalue weighted by Gasteiger charge is 2.21. The van der Waals surface area contributed by atoms with Crippen LogP contribution in [0.1, 0.15) is 32.2 Å². The van der Waals surface area contributed by atoms with E-state index in [0.29, 0.717) is 23.8 Å². The minimum absolute atomic E-state index is 0.0438. The molecular formula is C24H19N5OS. The van der Waals surface area contributed by atoms with Gasteiger partial charge in [0.1, 0.15) is 5.82 Å². The molecule has 0 saturated carbocycles. The van der Waals surface area contributed by atoms with Crippen LogP contribution in [-0.2, 0) is 0 Å². The third-order valence-electron chi connectivity index (χ3n) is 5.25. The van der Waals surface area contributed by atoms with Crippen LogP contribution in [-0.4, -0.2) is 38.8 Å². The van der Waals surface area contributed by atoms with Crippen molar-refractivity contribution in [2.24, 2.45) is 0 Å². The minimum Gasteiger partial charge on any atom is -0.383 e. The summed E-state index contributed by atoms with van der Waals surface area (Å²) in [6.45, 7) is 1.25. The van der Waals surface area contributed by atoms with Gasteiger partial charge in [-0.05, 0) is 48.4 Å². The number of fused-ring (bicyclic) bond motifs is 1. The van der Waals surface area contributed by atoms with Crippen LogP contribution in [0.5, 0.6) is 0 Å². The molecule has 0 spiro atoms. The average molecular weight is 426 g/mol. The standard InChI is InChI=1S/C24H19N5OS/c25-23-19-15-21(28-20(19)7-12-27-23)17-8-13-29(14-9-17)24(30)22-4-3-18(31-22)2-1-16-5-10-26-11-6-16/h3-8,10-12,15,28H,9,13-14H2,(H2,25,27). The number of nitrogens with zero attached hydrogens (tertiary/aromatic N) is 3. The van der Waals surface area contributed by atoms with Crippen LogP contribution < -0.4 is 5.73 Å². The lowest BCUT2D eigenvalue weighted by molar-refractivity contribution is 0.0777. The number of nitrogen functional groups attached to an aromatic ring is 1. The molecule has 1 aliphatic rings. The Morgan fingerprint density at radius 2 is 2.00 bits per heavy atom. The van der Waals surface area contributed by atoms with Crippen molar-refractivity contribution in [1.29, 1.82) is 0 Å². The Hall–Kier alpha value is -3.89. The molecule has 5 rings (SSSR count). The second-order valence-corrected chi connectivity index (χ2v) is 8.30. The topological polar surface area (TPSA) is 87.9 Å². The summed E-state index contributed by atoms with van der Waals surface area (Å²) in [6, 6.07) is 11.4. The number of hydrogen-bond donors (Lipinski definition) is 2. The number of rotatable bonds is 2. The monoisotopic (exact) mass is 425 g/mol. The van der Waals surface area contributed by atoms with Gasteiger partial charge in [0.05, 0.1) is 15.3 Å². The number of nitrogens with two attached hydrogens (primary N) is 1. The summed E-state index contributed by atoms with van der Waals surface area (Å²) in [5.41, 5.74) is 10.1. The summed E-state index contributed by atoms with van der Waals surface area (Å²) in [7, 11) is 0. The Balaban J connectivity index is 1.28. The summed E-state index contributed by atoms with van der Waals surface area (Å²) < 4.78 is 0. The largest absolute Gasteiger partial charge is 0.383 e. The molecule has 0 saturated heterocycles. The first kappa shape index (κ1) is 19.1. The maximum atomic E-state index is 12.9. The first-order valence-corrected chi connectivity index (χ1v) is 10.7. The maximum absolute atomic E-state index is 12.9. The number of H-pyrrole nitrogens is 1. The molecule has 4 aromatic rings. The lowest BCUT2D eigenvalue weighted by atomic mass is 10.0. The van der Waals surface area contributed by atoms with Gasteiger partial charge in [-0.15, -0.1) is 11.3 Å². The normalized spacial score (nSPS) is 13.5. The third kappa shape index (κ3) is 3.93. The first-order chi connectivity index (χ1) is 15.2. The minimum atomic E-state index is 0.0438. The van der Waals surface area contributed by atoms with Crippen molar-refractivity contribution >= 4 is 39.5 Å². The molecule has 4 aromatic heterocycles. The average Bonchev–Trinajstić information content (AvgIpc) is 3.46. The number of pyridine rings is 2. The number of aromatic nitrogens is 3. The zero-order chi connectivity index (χ0) is 21.2. The number of nitrogens with one attached hydrogen (secondary N) is 1. The zero-order valence-electron chi connectivity index (χ0n) is 16.6. The first-order valence-electron chi connectivity index (χ1n) is 9.91. The zero-order valence-corrected chi connectivity index (χ0v) is 17.4. The van der Waals surface area contributed by atoms with E-state index < -0.39 is 0 Å². The number of thiophene rings is 1. The number of carbonyl (C=O) groups excluding carboxylic acids is 1. The highest BCUT2D eigenvalue weighted by Crippen LogP contribution is 2.28. The van der Waals surface area contributed by atoms with Gasteiger partial charge in [0.15, 0.2) is 0 Å². The molecule has 1 aliphatic heterocycles. The smallest absolute Gasteiger partial charge is 0.264 e. The molecule has 7 heteroatoms. The van der Waals surface area contributed by atoms with E-state index in [1.807, 2.05) is 41.3 Å². The van der Waals surface area contributed by atoms with Crippen LogP contribution in [0, 0.1) is 11.8 Å². The van der Waals surface area contributed by atoms with Crippen molar-refractivity contribution in [3.05, 3.63) is 82.1 Å². The van der Waals surface area contributed by atoms with E-state index in [4.69, 9.17) is 5.73 Å². The van der Waals surface area contributed by atoms with E-state index in [2.05, 4.69) is 32.9 Å².